The first kappa shape index (κ1) is 14.3. The maximum Gasteiger partial charge on any atom is 0.0197 e. The molecule has 0 amide bonds. The summed E-state index contributed by atoms with van der Waals surface area (Å²) in [7, 11) is 0. The van der Waals surface area contributed by atoms with Gasteiger partial charge in [-0.25, -0.2) is 0 Å². The van der Waals surface area contributed by atoms with E-state index in [1.807, 2.05) is 0 Å². The monoisotopic (exact) mass is 244 g/mol. The molecule has 1 saturated heterocycles. The van der Waals surface area contributed by atoms with Crippen LogP contribution in [-0.4, -0.2) is 48.6 Å². The average Bonchev–Trinajstić information content (AvgIpc) is 2.43. The van der Waals surface area contributed by atoms with Crippen LogP contribution < -0.4 is 5.32 Å². The SMILES string of the molecule is CCSCCN1CCCNC(CC(C)C)C1. The van der Waals surface area contributed by atoms with Crippen molar-refractivity contribution in [2.45, 2.75) is 39.7 Å². The average molecular weight is 244 g/mol. The smallest absolute Gasteiger partial charge is 0.0197 e. The van der Waals surface area contributed by atoms with E-state index in [0.29, 0.717) is 6.04 Å². The van der Waals surface area contributed by atoms with Crippen LogP contribution in [0.15, 0.2) is 0 Å². The second-order valence-corrected chi connectivity index (χ2v) is 6.53. The first-order valence-corrected chi connectivity index (χ1v) is 7.91. The summed E-state index contributed by atoms with van der Waals surface area (Å²) in [6, 6.07) is 0.717. The highest BCUT2D eigenvalue weighted by atomic mass is 32.2. The van der Waals surface area contributed by atoms with Gasteiger partial charge < -0.3 is 10.2 Å². The third-order valence-electron chi connectivity index (χ3n) is 3.07. The highest BCUT2D eigenvalue weighted by molar-refractivity contribution is 7.99. The van der Waals surface area contributed by atoms with Crippen molar-refractivity contribution in [3.63, 3.8) is 0 Å². The minimum Gasteiger partial charge on any atom is -0.313 e. The van der Waals surface area contributed by atoms with Gasteiger partial charge in [-0.1, -0.05) is 20.8 Å². The Morgan fingerprint density at radius 3 is 2.94 bits per heavy atom. The quantitative estimate of drug-likeness (QED) is 0.723. The van der Waals surface area contributed by atoms with Gasteiger partial charge >= 0.3 is 0 Å². The molecule has 1 N–H and O–H groups in total. The maximum absolute atomic E-state index is 3.68. The first-order valence-electron chi connectivity index (χ1n) is 6.75. The fraction of sp³-hybridized carbons (Fsp3) is 1.00. The van der Waals surface area contributed by atoms with Crippen molar-refractivity contribution in [2.24, 2.45) is 5.92 Å². The summed E-state index contributed by atoms with van der Waals surface area (Å²) in [5.41, 5.74) is 0. The fourth-order valence-corrected chi connectivity index (χ4v) is 3.02. The van der Waals surface area contributed by atoms with Crippen LogP contribution in [0.2, 0.25) is 0 Å². The van der Waals surface area contributed by atoms with E-state index in [4.69, 9.17) is 0 Å². The van der Waals surface area contributed by atoms with Crippen LogP contribution in [-0.2, 0) is 0 Å². The molecule has 0 aromatic carbocycles. The Hall–Kier alpha value is 0.270. The number of nitrogens with zero attached hydrogens (tertiary/aromatic N) is 1. The topological polar surface area (TPSA) is 15.3 Å². The minimum atomic E-state index is 0.717. The van der Waals surface area contributed by atoms with E-state index in [1.165, 1.54) is 50.5 Å². The second-order valence-electron chi connectivity index (χ2n) is 5.13. The van der Waals surface area contributed by atoms with Crippen molar-refractivity contribution < 1.29 is 0 Å². The molecule has 1 aliphatic rings. The van der Waals surface area contributed by atoms with E-state index in [2.05, 4.69) is 42.7 Å². The van der Waals surface area contributed by atoms with Crippen LogP contribution in [0.25, 0.3) is 0 Å². The van der Waals surface area contributed by atoms with Crippen molar-refractivity contribution in [3.05, 3.63) is 0 Å². The molecule has 0 aliphatic carbocycles. The van der Waals surface area contributed by atoms with E-state index >= 15 is 0 Å². The highest BCUT2D eigenvalue weighted by Gasteiger charge is 2.17. The Kier molecular flexibility index (Phi) is 7.50. The first-order chi connectivity index (χ1) is 7.72. The molecular formula is C13H28N2S. The van der Waals surface area contributed by atoms with Crippen molar-refractivity contribution in [1.82, 2.24) is 10.2 Å². The third kappa shape index (κ3) is 6.12. The van der Waals surface area contributed by atoms with Crippen LogP contribution in [0, 0.1) is 5.92 Å². The third-order valence-corrected chi connectivity index (χ3v) is 3.95. The number of nitrogens with one attached hydrogen (secondary N) is 1. The molecule has 1 atom stereocenters. The molecular weight excluding hydrogens is 216 g/mol. The standard InChI is InChI=1S/C13H28N2S/c1-4-16-9-8-15-7-5-6-14-13(11-15)10-12(2)3/h12-14H,4-11H2,1-3H3. The molecule has 0 aromatic heterocycles. The summed E-state index contributed by atoms with van der Waals surface area (Å²) in [5.74, 6) is 3.36. The Morgan fingerprint density at radius 1 is 1.44 bits per heavy atom. The van der Waals surface area contributed by atoms with Crippen molar-refractivity contribution >= 4 is 11.8 Å². The largest absolute Gasteiger partial charge is 0.313 e. The summed E-state index contributed by atoms with van der Waals surface area (Å²) in [4.78, 5) is 2.65. The van der Waals surface area contributed by atoms with Gasteiger partial charge in [-0.2, -0.15) is 11.8 Å². The van der Waals surface area contributed by atoms with Gasteiger partial charge in [0.05, 0.1) is 0 Å². The molecule has 1 unspecified atom stereocenters. The molecule has 1 aliphatic heterocycles. The zero-order valence-corrected chi connectivity index (χ0v) is 12.0. The molecule has 2 nitrogen and oxygen atoms in total. The number of rotatable bonds is 6. The lowest BCUT2D eigenvalue weighted by atomic mass is 10.0. The van der Waals surface area contributed by atoms with Gasteiger partial charge in [0, 0.05) is 24.9 Å². The van der Waals surface area contributed by atoms with Crippen LogP contribution in [0.4, 0.5) is 0 Å². The lowest BCUT2D eigenvalue weighted by Gasteiger charge is -2.25. The molecule has 3 heteroatoms. The predicted molar refractivity (Wildman–Crippen MR) is 75.3 cm³/mol. The Balaban J connectivity index is 2.27. The van der Waals surface area contributed by atoms with E-state index in [0.717, 1.165) is 5.92 Å². The summed E-state index contributed by atoms with van der Waals surface area (Å²) in [6.45, 7) is 11.9. The molecule has 0 bridgehead atoms. The molecule has 96 valence electrons. The summed E-state index contributed by atoms with van der Waals surface area (Å²) >= 11 is 2.06. The van der Waals surface area contributed by atoms with Gasteiger partial charge in [0.15, 0.2) is 0 Å². The molecule has 0 spiro atoms. The Morgan fingerprint density at radius 2 is 2.25 bits per heavy atom. The van der Waals surface area contributed by atoms with Gasteiger partial charge in [0.2, 0.25) is 0 Å². The van der Waals surface area contributed by atoms with Gasteiger partial charge in [-0.3, -0.25) is 0 Å². The molecule has 1 rings (SSSR count). The Labute approximate surface area is 106 Å². The predicted octanol–water partition coefficient (Wildman–Crippen LogP) is 2.45. The van der Waals surface area contributed by atoms with Crippen molar-refractivity contribution in [2.75, 3.05) is 37.7 Å². The van der Waals surface area contributed by atoms with Crippen LogP contribution in [0.1, 0.15) is 33.6 Å². The summed E-state index contributed by atoms with van der Waals surface area (Å²) in [5, 5.41) is 3.68. The van der Waals surface area contributed by atoms with Gasteiger partial charge in [0.25, 0.3) is 0 Å². The van der Waals surface area contributed by atoms with Crippen LogP contribution in [0.3, 0.4) is 0 Å². The highest BCUT2D eigenvalue weighted by Crippen LogP contribution is 2.10. The number of hydrogen-bond donors (Lipinski definition) is 1. The lowest BCUT2D eigenvalue weighted by Crippen LogP contribution is -2.39. The summed E-state index contributed by atoms with van der Waals surface area (Å²) < 4.78 is 0. The van der Waals surface area contributed by atoms with E-state index < -0.39 is 0 Å². The number of thioether (sulfide) groups is 1. The van der Waals surface area contributed by atoms with E-state index in [1.54, 1.807) is 0 Å². The fourth-order valence-electron chi connectivity index (χ4n) is 2.34. The molecule has 0 saturated carbocycles. The normalized spacial score (nSPS) is 23.6. The van der Waals surface area contributed by atoms with Gasteiger partial charge in [-0.05, 0) is 37.6 Å². The van der Waals surface area contributed by atoms with Gasteiger partial charge in [-0.15, -0.1) is 0 Å². The molecule has 0 aromatic rings. The Bertz CT molecular complexity index is 173. The molecule has 1 fully saturated rings. The van der Waals surface area contributed by atoms with E-state index in [9.17, 15) is 0 Å². The zero-order chi connectivity index (χ0) is 11.8. The lowest BCUT2D eigenvalue weighted by molar-refractivity contribution is 0.269. The summed E-state index contributed by atoms with van der Waals surface area (Å²) in [6.07, 6.45) is 2.63. The second kappa shape index (κ2) is 8.37. The maximum atomic E-state index is 3.68. The number of hydrogen-bond acceptors (Lipinski definition) is 3. The van der Waals surface area contributed by atoms with Crippen molar-refractivity contribution in [3.8, 4) is 0 Å². The molecule has 16 heavy (non-hydrogen) atoms. The van der Waals surface area contributed by atoms with Gasteiger partial charge in [0.1, 0.15) is 0 Å². The molecule has 0 radical (unpaired) electrons. The molecule has 1 heterocycles. The van der Waals surface area contributed by atoms with Crippen LogP contribution in [0.5, 0.6) is 0 Å². The van der Waals surface area contributed by atoms with E-state index in [-0.39, 0.29) is 0 Å². The van der Waals surface area contributed by atoms with Crippen molar-refractivity contribution in [1.29, 1.82) is 0 Å². The van der Waals surface area contributed by atoms with Crippen LogP contribution >= 0.6 is 11.8 Å². The zero-order valence-electron chi connectivity index (χ0n) is 11.2. The minimum absolute atomic E-state index is 0.717.